The Morgan fingerprint density at radius 1 is 0.972 bits per heavy atom. The molecule has 2 heterocycles. The predicted molar refractivity (Wildman–Crippen MR) is 152 cm³/mol. The van der Waals surface area contributed by atoms with Crippen molar-refractivity contribution < 1.29 is 23.9 Å². The highest BCUT2D eigenvalue weighted by molar-refractivity contribution is 9.10. The van der Waals surface area contributed by atoms with Crippen LogP contribution < -0.4 is 4.90 Å². The zero-order chi connectivity index (χ0) is 26.4. The maximum absolute atomic E-state index is 13.9. The zero-order valence-electron chi connectivity index (χ0n) is 20.1. The minimum atomic E-state index is -0.890. The van der Waals surface area contributed by atoms with Crippen LogP contribution in [-0.2, 0) is 19.1 Å². The molecule has 0 unspecified atom stereocenters. The number of halogens is 1. The van der Waals surface area contributed by atoms with E-state index < -0.39 is 17.5 Å². The number of esters is 2. The van der Waals surface area contributed by atoms with Gasteiger partial charge in [0.1, 0.15) is 9.81 Å². The van der Waals surface area contributed by atoms with Gasteiger partial charge >= 0.3 is 11.9 Å². The normalized spacial score (nSPS) is 16.7. The summed E-state index contributed by atoms with van der Waals surface area (Å²) in [4.78, 5) is 41.4. The Morgan fingerprint density at radius 3 is 2.11 bits per heavy atom. The smallest absolute Gasteiger partial charge is 0.346 e. The lowest BCUT2D eigenvalue weighted by atomic mass is 9.82. The molecule has 0 bridgehead atoms. The van der Waals surface area contributed by atoms with Crippen LogP contribution in [0.2, 0.25) is 0 Å². The Balaban J connectivity index is 1.93. The number of thioether (sulfide) groups is 2. The number of amides is 1. The fraction of sp³-hybridized carbons (Fsp3) is 0.231. The molecule has 10 heteroatoms. The minimum Gasteiger partial charge on any atom is -0.465 e. The van der Waals surface area contributed by atoms with Gasteiger partial charge in [-0.2, -0.15) is 0 Å². The molecule has 4 rings (SSSR count). The van der Waals surface area contributed by atoms with E-state index in [1.165, 1.54) is 14.2 Å². The molecule has 0 spiro atoms. The van der Waals surface area contributed by atoms with Crippen molar-refractivity contribution >= 4 is 85.6 Å². The van der Waals surface area contributed by atoms with E-state index in [1.54, 1.807) is 11.0 Å². The molecule has 0 radical (unpaired) electrons. The SMILES string of the molecule is COC(=O)C1=C(C(=O)OC)SC(=C2C(=S)C(C)(C)N(C(=O)c3ccccc3C)c3ccc(Br)cc32)S1. The van der Waals surface area contributed by atoms with Gasteiger partial charge in [0.15, 0.2) is 0 Å². The van der Waals surface area contributed by atoms with Crippen LogP contribution in [0.5, 0.6) is 0 Å². The lowest BCUT2D eigenvalue weighted by molar-refractivity contribution is -0.138. The van der Waals surface area contributed by atoms with Gasteiger partial charge in [-0.05, 0) is 50.6 Å². The third-order valence-corrected chi connectivity index (χ3v) is 9.69. The first-order chi connectivity index (χ1) is 17.0. The molecule has 0 saturated carbocycles. The molecule has 36 heavy (non-hydrogen) atoms. The van der Waals surface area contributed by atoms with Crippen molar-refractivity contribution in [3.8, 4) is 0 Å². The van der Waals surface area contributed by atoms with Gasteiger partial charge in [-0.25, -0.2) is 9.59 Å². The number of hydrogen-bond donors (Lipinski definition) is 0. The van der Waals surface area contributed by atoms with Crippen molar-refractivity contribution in [1.82, 2.24) is 0 Å². The molecule has 2 aromatic carbocycles. The van der Waals surface area contributed by atoms with Crippen LogP contribution in [0.3, 0.4) is 0 Å². The monoisotopic (exact) mass is 603 g/mol. The third kappa shape index (κ3) is 4.44. The molecule has 2 aliphatic rings. The quantitative estimate of drug-likeness (QED) is 0.231. The summed E-state index contributed by atoms with van der Waals surface area (Å²) in [5, 5.41) is 0. The van der Waals surface area contributed by atoms with Crippen molar-refractivity contribution in [1.29, 1.82) is 0 Å². The predicted octanol–water partition coefficient (Wildman–Crippen LogP) is 6.27. The fourth-order valence-corrected chi connectivity index (χ4v) is 7.48. The van der Waals surface area contributed by atoms with Gasteiger partial charge in [0, 0.05) is 21.2 Å². The van der Waals surface area contributed by atoms with Crippen LogP contribution in [0, 0.1) is 6.92 Å². The minimum absolute atomic E-state index is 0.146. The highest BCUT2D eigenvalue weighted by atomic mass is 79.9. The number of anilines is 1. The van der Waals surface area contributed by atoms with E-state index in [4.69, 9.17) is 21.7 Å². The summed E-state index contributed by atoms with van der Waals surface area (Å²) in [5.41, 5.74) is 2.66. The molecule has 0 fully saturated rings. The number of aryl methyl sites for hydroxylation is 1. The van der Waals surface area contributed by atoms with Crippen molar-refractivity contribution in [2.24, 2.45) is 0 Å². The van der Waals surface area contributed by atoms with Crippen molar-refractivity contribution in [3.05, 3.63) is 77.7 Å². The van der Waals surface area contributed by atoms with E-state index in [-0.39, 0.29) is 15.7 Å². The highest BCUT2D eigenvalue weighted by Gasteiger charge is 2.46. The number of carbonyl (C=O) groups excluding carboxylic acids is 3. The Morgan fingerprint density at radius 2 is 1.56 bits per heavy atom. The highest BCUT2D eigenvalue weighted by Crippen LogP contribution is 2.56. The van der Waals surface area contributed by atoms with Crippen LogP contribution in [0.4, 0.5) is 5.69 Å². The molecule has 2 aliphatic heterocycles. The number of carbonyl (C=O) groups is 3. The summed E-state index contributed by atoms with van der Waals surface area (Å²) < 4.78 is 11.3. The van der Waals surface area contributed by atoms with Crippen molar-refractivity contribution in [2.75, 3.05) is 19.1 Å². The van der Waals surface area contributed by atoms with Gasteiger partial charge in [-0.1, -0.05) is 69.9 Å². The van der Waals surface area contributed by atoms with Crippen molar-refractivity contribution in [2.45, 2.75) is 26.3 Å². The summed E-state index contributed by atoms with van der Waals surface area (Å²) in [6.07, 6.45) is 0. The molecule has 0 aliphatic carbocycles. The summed E-state index contributed by atoms with van der Waals surface area (Å²) in [5.74, 6) is -1.42. The number of hydrogen-bond acceptors (Lipinski definition) is 8. The summed E-state index contributed by atoms with van der Waals surface area (Å²) >= 11 is 11.8. The molecular formula is C26H22BrNO5S3. The summed E-state index contributed by atoms with van der Waals surface area (Å²) in [7, 11) is 2.52. The first-order valence-electron chi connectivity index (χ1n) is 10.8. The van der Waals surface area contributed by atoms with Crippen LogP contribution in [-0.4, -0.2) is 42.5 Å². The third-order valence-electron chi connectivity index (χ3n) is 5.93. The number of ether oxygens (including phenoxy) is 2. The number of thiocarbonyl (C=S) groups is 1. The van der Waals surface area contributed by atoms with Crippen LogP contribution in [0.1, 0.15) is 35.3 Å². The van der Waals surface area contributed by atoms with Gasteiger partial charge in [-0.3, -0.25) is 9.69 Å². The maximum Gasteiger partial charge on any atom is 0.346 e. The van der Waals surface area contributed by atoms with Gasteiger partial charge in [0.2, 0.25) is 0 Å². The lowest BCUT2D eigenvalue weighted by Gasteiger charge is -2.45. The number of benzene rings is 2. The van der Waals surface area contributed by atoms with Gasteiger partial charge in [0.05, 0.1) is 34.5 Å². The second-order valence-corrected chi connectivity index (χ2v) is 12.1. The van der Waals surface area contributed by atoms with E-state index in [2.05, 4.69) is 15.9 Å². The average Bonchev–Trinajstić information content (AvgIpc) is 3.29. The topological polar surface area (TPSA) is 72.9 Å². The summed E-state index contributed by atoms with van der Waals surface area (Å²) in [6, 6.07) is 13.1. The van der Waals surface area contributed by atoms with Crippen molar-refractivity contribution in [3.63, 3.8) is 0 Å². The van der Waals surface area contributed by atoms with E-state index in [0.717, 1.165) is 39.1 Å². The molecule has 186 valence electrons. The first-order valence-corrected chi connectivity index (χ1v) is 13.6. The zero-order valence-corrected chi connectivity index (χ0v) is 24.2. The lowest BCUT2D eigenvalue weighted by Crippen LogP contribution is -2.56. The van der Waals surface area contributed by atoms with Crippen LogP contribution in [0.15, 0.2) is 61.0 Å². The average molecular weight is 605 g/mol. The summed E-state index contributed by atoms with van der Waals surface area (Å²) in [6.45, 7) is 5.70. The molecule has 1 amide bonds. The van der Waals surface area contributed by atoms with Crippen LogP contribution >= 0.6 is 51.7 Å². The number of methoxy groups -OCH3 is 2. The molecular weight excluding hydrogens is 582 g/mol. The van der Waals surface area contributed by atoms with E-state index in [1.807, 2.05) is 57.2 Å². The standard InChI is InChI=1S/C26H22BrNO5S3/c1-13-8-6-7-9-15(13)22(29)28-17-11-10-14(27)12-16(17)18(21(34)26(28,2)3)25-35-19(23(30)32-4)20(36-25)24(31)33-5/h6-12H,1-5H3. The Bertz CT molecular complexity index is 1370. The largest absolute Gasteiger partial charge is 0.465 e. The van der Waals surface area contributed by atoms with E-state index in [0.29, 0.717) is 25.9 Å². The number of rotatable bonds is 3. The van der Waals surface area contributed by atoms with Gasteiger partial charge < -0.3 is 9.47 Å². The second-order valence-electron chi connectivity index (χ2n) is 8.51. The Kier molecular flexibility index (Phi) is 7.52. The van der Waals surface area contributed by atoms with E-state index in [9.17, 15) is 14.4 Å². The molecule has 6 nitrogen and oxygen atoms in total. The molecule has 0 atom stereocenters. The van der Waals surface area contributed by atoms with E-state index >= 15 is 0 Å². The fourth-order valence-electron chi connectivity index (χ4n) is 4.09. The Labute approximate surface area is 231 Å². The molecule has 0 N–H and O–H groups in total. The molecule has 2 aromatic rings. The van der Waals surface area contributed by atoms with Gasteiger partial charge in [-0.15, -0.1) is 0 Å². The van der Waals surface area contributed by atoms with Gasteiger partial charge in [0.25, 0.3) is 5.91 Å². The second kappa shape index (κ2) is 10.2. The molecule has 0 saturated heterocycles. The Hall–Kier alpha value is -2.40. The van der Waals surface area contributed by atoms with Crippen LogP contribution in [0.25, 0.3) is 5.57 Å². The molecule has 0 aromatic heterocycles. The number of fused-ring (bicyclic) bond motifs is 1. The first kappa shape index (κ1) is 26.7. The number of nitrogens with zero attached hydrogens (tertiary/aromatic N) is 1. The maximum atomic E-state index is 13.9.